The normalized spacial score (nSPS) is 13.1. The van der Waals surface area contributed by atoms with Gasteiger partial charge in [0, 0.05) is 17.3 Å². The van der Waals surface area contributed by atoms with Crippen molar-refractivity contribution < 1.29 is 19.1 Å². The van der Waals surface area contributed by atoms with Gasteiger partial charge in [-0.05, 0) is 18.2 Å². The summed E-state index contributed by atoms with van der Waals surface area (Å²) >= 11 is 0. The lowest BCUT2D eigenvalue weighted by molar-refractivity contribution is -0.931. The monoisotopic (exact) mass is 409 g/mol. The number of ether oxygens (including phenoxy) is 1. The molecule has 0 aliphatic rings. The molecule has 4 nitrogen and oxygen atoms in total. The molecule has 2 atom stereocenters. The third kappa shape index (κ3) is 6.66. The molecule has 0 aliphatic heterocycles. The topological polar surface area (TPSA) is 38.8 Å². The van der Waals surface area contributed by atoms with Gasteiger partial charge in [0.1, 0.15) is 31.6 Å². The Balaban J connectivity index is 1.71. The lowest BCUT2D eigenvalue weighted by Crippen LogP contribution is -3.10. The van der Waals surface area contributed by atoms with Crippen LogP contribution in [0.15, 0.2) is 85.6 Å². The van der Waals surface area contributed by atoms with E-state index in [9.17, 15) is 9.50 Å². The van der Waals surface area contributed by atoms with E-state index in [2.05, 4.69) is 29.3 Å². The van der Waals surface area contributed by atoms with Crippen molar-refractivity contribution in [2.24, 2.45) is 0 Å². The minimum Gasteiger partial charge on any atom is -0.385 e. The number of hydrogen-bond donors (Lipinski definition) is 2. The number of hydrogen-bond acceptors (Lipinski definition) is 2. The summed E-state index contributed by atoms with van der Waals surface area (Å²) in [6, 6.07) is 21.2. The quantitative estimate of drug-likeness (QED) is 0.357. The molecule has 0 aliphatic carbocycles. The molecule has 1 aromatic heterocycles. The first-order valence-corrected chi connectivity index (χ1v) is 10.3. The second-order valence-corrected chi connectivity index (χ2v) is 7.49. The first kappa shape index (κ1) is 22.0. The Morgan fingerprint density at radius 3 is 2.57 bits per heavy atom. The van der Waals surface area contributed by atoms with E-state index in [4.69, 9.17) is 4.74 Å². The standard InChI is InChI=1S/C25H29FN2O2/c1-2-15-30-20-24(29)19-27(16-21-9-4-3-5-10-21)18-23-12-8-14-28(23)17-22-11-6-7-13-25(22)26/h2-14,24,29H,1,15-20H2/p+1/t24-/m1/s1. The van der Waals surface area contributed by atoms with Crippen molar-refractivity contribution >= 4 is 0 Å². The van der Waals surface area contributed by atoms with E-state index in [1.54, 1.807) is 12.1 Å². The van der Waals surface area contributed by atoms with Gasteiger partial charge in [-0.2, -0.15) is 0 Å². The van der Waals surface area contributed by atoms with Crippen molar-refractivity contribution in [2.75, 3.05) is 19.8 Å². The van der Waals surface area contributed by atoms with Crippen molar-refractivity contribution in [2.45, 2.75) is 25.7 Å². The molecule has 1 unspecified atom stereocenters. The number of nitrogens with one attached hydrogen (secondary N) is 1. The van der Waals surface area contributed by atoms with Gasteiger partial charge < -0.3 is 19.3 Å². The van der Waals surface area contributed by atoms with Crippen molar-refractivity contribution in [1.82, 2.24) is 4.57 Å². The summed E-state index contributed by atoms with van der Waals surface area (Å²) in [5.74, 6) is -0.194. The van der Waals surface area contributed by atoms with Gasteiger partial charge >= 0.3 is 0 Å². The minimum atomic E-state index is -0.571. The summed E-state index contributed by atoms with van der Waals surface area (Å²) in [6.45, 7) is 6.87. The van der Waals surface area contributed by atoms with Crippen LogP contribution in [0, 0.1) is 5.82 Å². The largest absolute Gasteiger partial charge is 0.385 e. The zero-order valence-corrected chi connectivity index (χ0v) is 17.2. The maximum Gasteiger partial charge on any atom is 0.128 e. The fraction of sp³-hybridized carbons (Fsp3) is 0.280. The van der Waals surface area contributed by atoms with Crippen LogP contribution in [0.4, 0.5) is 4.39 Å². The molecule has 2 N–H and O–H groups in total. The highest BCUT2D eigenvalue weighted by molar-refractivity contribution is 5.19. The second kappa shape index (κ2) is 11.5. The van der Waals surface area contributed by atoms with Crippen molar-refractivity contribution in [3.8, 4) is 0 Å². The maximum atomic E-state index is 14.1. The Morgan fingerprint density at radius 1 is 1.03 bits per heavy atom. The molecule has 0 bridgehead atoms. The van der Waals surface area contributed by atoms with Crippen LogP contribution in [0.25, 0.3) is 0 Å². The predicted molar refractivity (Wildman–Crippen MR) is 117 cm³/mol. The zero-order chi connectivity index (χ0) is 21.2. The Morgan fingerprint density at radius 2 is 1.80 bits per heavy atom. The predicted octanol–water partition coefficient (Wildman–Crippen LogP) is 2.82. The Kier molecular flexibility index (Phi) is 8.39. The molecular formula is C25H30FN2O2+. The molecule has 1 heterocycles. The number of halogens is 1. The third-order valence-electron chi connectivity index (χ3n) is 5.02. The van der Waals surface area contributed by atoms with Gasteiger partial charge in [-0.15, -0.1) is 6.58 Å². The summed E-state index contributed by atoms with van der Waals surface area (Å²) in [5, 5.41) is 10.5. The van der Waals surface area contributed by atoms with E-state index in [1.807, 2.05) is 42.6 Å². The molecule has 0 fully saturated rings. The summed E-state index contributed by atoms with van der Waals surface area (Å²) in [4.78, 5) is 1.21. The number of rotatable bonds is 12. The van der Waals surface area contributed by atoms with Crippen LogP contribution in [0.5, 0.6) is 0 Å². The van der Waals surface area contributed by atoms with E-state index >= 15 is 0 Å². The molecule has 0 saturated heterocycles. The van der Waals surface area contributed by atoms with E-state index in [0.717, 1.165) is 18.8 Å². The number of aliphatic hydroxyl groups is 1. The van der Waals surface area contributed by atoms with Gasteiger partial charge in [-0.3, -0.25) is 0 Å². The Bertz CT molecular complexity index is 910. The first-order chi connectivity index (χ1) is 14.7. The number of aliphatic hydroxyl groups excluding tert-OH is 1. The first-order valence-electron chi connectivity index (χ1n) is 10.3. The van der Waals surface area contributed by atoms with Crippen LogP contribution in [-0.4, -0.2) is 35.5 Å². The van der Waals surface area contributed by atoms with E-state index in [-0.39, 0.29) is 12.4 Å². The average Bonchev–Trinajstić information content (AvgIpc) is 3.17. The lowest BCUT2D eigenvalue weighted by Gasteiger charge is -2.23. The number of aromatic nitrogens is 1. The van der Waals surface area contributed by atoms with Crippen LogP contribution in [-0.2, 0) is 24.4 Å². The summed E-state index contributed by atoms with van der Waals surface area (Å²) in [7, 11) is 0. The smallest absolute Gasteiger partial charge is 0.128 e. The molecule has 0 saturated carbocycles. The summed E-state index contributed by atoms with van der Waals surface area (Å²) in [5.41, 5.74) is 2.97. The zero-order valence-electron chi connectivity index (χ0n) is 17.2. The van der Waals surface area contributed by atoms with Gasteiger partial charge in [0.25, 0.3) is 0 Å². The van der Waals surface area contributed by atoms with Crippen LogP contribution in [0.2, 0.25) is 0 Å². The van der Waals surface area contributed by atoms with E-state index in [0.29, 0.717) is 25.3 Å². The van der Waals surface area contributed by atoms with Gasteiger partial charge in [0.2, 0.25) is 0 Å². The number of benzene rings is 2. The second-order valence-electron chi connectivity index (χ2n) is 7.49. The molecule has 3 aromatic rings. The Hall–Kier alpha value is -2.73. The molecule has 3 rings (SSSR count). The number of nitrogens with zero attached hydrogens (tertiary/aromatic N) is 1. The van der Waals surface area contributed by atoms with Gasteiger partial charge in [-0.25, -0.2) is 4.39 Å². The molecular weight excluding hydrogens is 379 g/mol. The molecule has 0 amide bonds. The number of quaternary nitrogens is 1. The average molecular weight is 410 g/mol. The van der Waals surface area contributed by atoms with Crippen molar-refractivity contribution in [1.29, 1.82) is 0 Å². The molecule has 2 aromatic carbocycles. The molecule has 5 heteroatoms. The third-order valence-corrected chi connectivity index (χ3v) is 5.02. The van der Waals surface area contributed by atoms with Crippen LogP contribution >= 0.6 is 0 Å². The summed E-state index contributed by atoms with van der Waals surface area (Å²) < 4.78 is 21.6. The van der Waals surface area contributed by atoms with Gasteiger partial charge in [0.15, 0.2) is 0 Å². The molecule has 0 radical (unpaired) electrons. The molecule has 30 heavy (non-hydrogen) atoms. The highest BCUT2D eigenvalue weighted by Gasteiger charge is 2.18. The minimum absolute atomic E-state index is 0.194. The van der Waals surface area contributed by atoms with Gasteiger partial charge in [-0.1, -0.05) is 54.6 Å². The van der Waals surface area contributed by atoms with Crippen molar-refractivity contribution in [3.63, 3.8) is 0 Å². The van der Waals surface area contributed by atoms with Crippen molar-refractivity contribution in [3.05, 3.63) is 108 Å². The van der Waals surface area contributed by atoms with Crippen LogP contribution < -0.4 is 4.90 Å². The Labute approximate surface area is 177 Å². The van der Waals surface area contributed by atoms with E-state index < -0.39 is 6.10 Å². The highest BCUT2D eigenvalue weighted by atomic mass is 19.1. The summed E-state index contributed by atoms with van der Waals surface area (Å²) in [6.07, 6.45) is 3.08. The van der Waals surface area contributed by atoms with Crippen LogP contribution in [0.3, 0.4) is 0 Å². The SMILES string of the molecule is C=CCOC[C@H](O)C[NH+](Cc1ccccc1)Cc1cccn1Cc1ccccc1F. The fourth-order valence-electron chi connectivity index (χ4n) is 3.60. The molecule has 158 valence electrons. The lowest BCUT2D eigenvalue weighted by atomic mass is 10.2. The van der Waals surface area contributed by atoms with Crippen LogP contribution in [0.1, 0.15) is 16.8 Å². The van der Waals surface area contributed by atoms with E-state index in [1.165, 1.54) is 16.5 Å². The van der Waals surface area contributed by atoms with Gasteiger partial charge in [0.05, 0.1) is 25.5 Å². The fourth-order valence-corrected chi connectivity index (χ4v) is 3.60. The highest BCUT2D eigenvalue weighted by Crippen LogP contribution is 2.11. The molecule has 0 spiro atoms. The maximum absolute atomic E-state index is 14.1.